The summed E-state index contributed by atoms with van der Waals surface area (Å²) >= 11 is 0. The molecule has 2 aromatic rings. The second kappa shape index (κ2) is 6.44. The van der Waals surface area contributed by atoms with E-state index in [0.717, 1.165) is 24.2 Å². The maximum absolute atomic E-state index is 5.70. The van der Waals surface area contributed by atoms with Gasteiger partial charge in [-0.3, -0.25) is 10.5 Å². The van der Waals surface area contributed by atoms with Gasteiger partial charge < -0.3 is 4.74 Å². The van der Waals surface area contributed by atoms with E-state index in [4.69, 9.17) is 10.6 Å². The average molecular weight is 276 g/mol. The summed E-state index contributed by atoms with van der Waals surface area (Å²) in [5.41, 5.74) is 4.58. The molecule has 0 spiro atoms. The largest absolute Gasteiger partial charge is 0.493 e. The van der Waals surface area contributed by atoms with Crippen molar-refractivity contribution in [3.63, 3.8) is 0 Å². The molecule has 0 radical (unpaired) electrons. The van der Waals surface area contributed by atoms with E-state index in [9.17, 15) is 0 Å². The van der Waals surface area contributed by atoms with Crippen LogP contribution in [-0.4, -0.2) is 26.9 Å². The molecule has 0 saturated carbocycles. The first-order chi connectivity index (χ1) is 9.71. The summed E-state index contributed by atoms with van der Waals surface area (Å²) in [7, 11) is 1.61. The standard InChI is InChI=1S/C13H20N6O/c1-4-5-19-12(10(20-3)8-17-19)11(18-14)13-15-6-9(2)7-16-13/h6-8,11,18H,4-5,14H2,1-3H3. The van der Waals surface area contributed by atoms with Crippen molar-refractivity contribution in [1.29, 1.82) is 0 Å². The Bertz CT molecular complexity index is 550. The summed E-state index contributed by atoms with van der Waals surface area (Å²) in [6, 6.07) is -0.361. The van der Waals surface area contributed by atoms with Gasteiger partial charge in [0.25, 0.3) is 0 Å². The highest BCUT2D eigenvalue weighted by atomic mass is 16.5. The lowest BCUT2D eigenvalue weighted by molar-refractivity contribution is 0.396. The van der Waals surface area contributed by atoms with Crippen molar-refractivity contribution in [2.24, 2.45) is 5.84 Å². The van der Waals surface area contributed by atoms with Gasteiger partial charge in [-0.1, -0.05) is 6.92 Å². The summed E-state index contributed by atoms with van der Waals surface area (Å²) in [6.07, 6.45) is 6.17. The van der Waals surface area contributed by atoms with Crippen molar-refractivity contribution in [1.82, 2.24) is 25.2 Å². The fourth-order valence-corrected chi connectivity index (χ4v) is 2.04. The molecule has 0 fully saturated rings. The molecule has 7 heteroatoms. The van der Waals surface area contributed by atoms with Gasteiger partial charge in [0, 0.05) is 18.9 Å². The van der Waals surface area contributed by atoms with E-state index in [-0.39, 0.29) is 6.04 Å². The lowest BCUT2D eigenvalue weighted by atomic mass is 10.1. The molecule has 2 rings (SSSR count). The Kier molecular flexibility index (Phi) is 4.65. The first-order valence-electron chi connectivity index (χ1n) is 6.55. The van der Waals surface area contributed by atoms with Gasteiger partial charge >= 0.3 is 0 Å². The monoisotopic (exact) mass is 276 g/mol. The molecular formula is C13H20N6O. The van der Waals surface area contributed by atoms with Gasteiger partial charge in [-0.05, 0) is 18.9 Å². The Morgan fingerprint density at radius 1 is 1.35 bits per heavy atom. The van der Waals surface area contributed by atoms with Gasteiger partial charge in [-0.2, -0.15) is 5.10 Å². The van der Waals surface area contributed by atoms with Gasteiger partial charge in [0.05, 0.1) is 13.3 Å². The Hall–Kier alpha value is -1.99. The van der Waals surface area contributed by atoms with Crippen LogP contribution in [-0.2, 0) is 6.54 Å². The summed E-state index contributed by atoms with van der Waals surface area (Å²) in [6.45, 7) is 4.81. The third-order valence-electron chi connectivity index (χ3n) is 3.00. The number of nitrogens with one attached hydrogen (secondary N) is 1. The lowest BCUT2D eigenvalue weighted by Crippen LogP contribution is -2.32. The van der Waals surface area contributed by atoms with Crippen LogP contribution in [0.1, 0.15) is 36.5 Å². The number of nitrogens with two attached hydrogens (primary N) is 1. The van der Waals surface area contributed by atoms with E-state index in [1.807, 2.05) is 11.6 Å². The molecule has 0 bridgehead atoms. The van der Waals surface area contributed by atoms with Crippen LogP contribution < -0.4 is 16.0 Å². The average Bonchev–Trinajstić information content (AvgIpc) is 2.85. The number of methoxy groups -OCH3 is 1. The number of hydrogen-bond donors (Lipinski definition) is 2. The molecule has 3 N–H and O–H groups in total. The first kappa shape index (κ1) is 14.4. The third kappa shape index (κ3) is 2.78. The van der Waals surface area contributed by atoms with Crippen LogP contribution in [0.15, 0.2) is 18.6 Å². The maximum atomic E-state index is 5.70. The fourth-order valence-electron chi connectivity index (χ4n) is 2.04. The molecule has 7 nitrogen and oxygen atoms in total. The van der Waals surface area contributed by atoms with Gasteiger partial charge in [0.15, 0.2) is 11.6 Å². The SMILES string of the molecule is CCCn1ncc(OC)c1C(NN)c1ncc(C)cn1. The van der Waals surface area contributed by atoms with E-state index in [1.165, 1.54) is 0 Å². The molecule has 2 heterocycles. The number of rotatable bonds is 6. The Morgan fingerprint density at radius 2 is 2.05 bits per heavy atom. The second-order valence-electron chi connectivity index (χ2n) is 4.54. The molecule has 1 atom stereocenters. The molecule has 1 unspecified atom stereocenters. The van der Waals surface area contributed by atoms with Crippen molar-refractivity contribution in [2.45, 2.75) is 32.9 Å². The van der Waals surface area contributed by atoms with Crippen molar-refractivity contribution in [2.75, 3.05) is 7.11 Å². The normalized spacial score (nSPS) is 12.4. The van der Waals surface area contributed by atoms with Crippen molar-refractivity contribution < 1.29 is 4.74 Å². The molecule has 0 aliphatic rings. The minimum Gasteiger partial charge on any atom is -0.493 e. The summed E-state index contributed by atoms with van der Waals surface area (Å²) in [4.78, 5) is 8.66. The van der Waals surface area contributed by atoms with E-state index in [0.29, 0.717) is 11.6 Å². The molecule has 108 valence electrons. The van der Waals surface area contributed by atoms with Crippen LogP contribution >= 0.6 is 0 Å². The van der Waals surface area contributed by atoms with E-state index in [1.54, 1.807) is 25.7 Å². The molecule has 2 aromatic heterocycles. The van der Waals surface area contributed by atoms with Crippen molar-refractivity contribution >= 4 is 0 Å². The van der Waals surface area contributed by atoms with Gasteiger partial charge in [-0.15, -0.1) is 0 Å². The predicted molar refractivity (Wildman–Crippen MR) is 75.0 cm³/mol. The van der Waals surface area contributed by atoms with Crippen LogP contribution in [0.25, 0.3) is 0 Å². The molecule has 0 saturated heterocycles. The topological polar surface area (TPSA) is 90.9 Å². The predicted octanol–water partition coefficient (Wildman–Crippen LogP) is 0.953. The number of aryl methyl sites for hydroxylation is 2. The zero-order valence-corrected chi connectivity index (χ0v) is 12.0. The van der Waals surface area contributed by atoms with Gasteiger partial charge in [-0.25, -0.2) is 15.4 Å². The van der Waals surface area contributed by atoms with Gasteiger partial charge in [0.1, 0.15) is 11.7 Å². The molecule has 0 amide bonds. The van der Waals surface area contributed by atoms with Crippen LogP contribution in [0, 0.1) is 6.92 Å². The lowest BCUT2D eigenvalue weighted by Gasteiger charge is -2.17. The minimum atomic E-state index is -0.361. The molecule has 0 aliphatic heterocycles. The highest BCUT2D eigenvalue weighted by Crippen LogP contribution is 2.27. The van der Waals surface area contributed by atoms with Crippen LogP contribution in [0.4, 0.5) is 0 Å². The Morgan fingerprint density at radius 3 is 2.60 bits per heavy atom. The number of ether oxygens (including phenoxy) is 1. The number of nitrogens with zero attached hydrogens (tertiary/aromatic N) is 4. The van der Waals surface area contributed by atoms with Crippen LogP contribution in [0.3, 0.4) is 0 Å². The molecule has 0 aromatic carbocycles. The highest BCUT2D eigenvalue weighted by molar-refractivity contribution is 5.32. The van der Waals surface area contributed by atoms with Crippen molar-refractivity contribution in [3.05, 3.63) is 35.7 Å². The fraction of sp³-hybridized carbons (Fsp3) is 0.462. The summed E-state index contributed by atoms with van der Waals surface area (Å²) in [5.74, 6) is 6.96. The number of hydrazine groups is 1. The van der Waals surface area contributed by atoms with E-state index >= 15 is 0 Å². The highest BCUT2D eigenvalue weighted by Gasteiger charge is 2.24. The minimum absolute atomic E-state index is 0.361. The van der Waals surface area contributed by atoms with E-state index in [2.05, 4.69) is 27.4 Å². The molecule has 20 heavy (non-hydrogen) atoms. The maximum Gasteiger partial charge on any atom is 0.162 e. The third-order valence-corrected chi connectivity index (χ3v) is 3.00. The Labute approximate surface area is 118 Å². The number of hydrogen-bond acceptors (Lipinski definition) is 6. The van der Waals surface area contributed by atoms with Crippen LogP contribution in [0.5, 0.6) is 5.75 Å². The van der Waals surface area contributed by atoms with Gasteiger partial charge in [0.2, 0.25) is 0 Å². The number of aromatic nitrogens is 4. The van der Waals surface area contributed by atoms with Crippen LogP contribution in [0.2, 0.25) is 0 Å². The van der Waals surface area contributed by atoms with E-state index < -0.39 is 0 Å². The summed E-state index contributed by atoms with van der Waals surface area (Å²) < 4.78 is 7.23. The zero-order chi connectivity index (χ0) is 14.5. The molecular weight excluding hydrogens is 256 g/mol. The summed E-state index contributed by atoms with van der Waals surface area (Å²) in [5, 5.41) is 4.33. The smallest absolute Gasteiger partial charge is 0.162 e. The second-order valence-corrected chi connectivity index (χ2v) is 4.54. The first-order valence-corrected chi connectivity index (χ1v) is 6.55. The molecule has 0 aliphatic carbocycles. The Balaban J connectivity index is 2.44. The quantitative estimate of drug-likeness (QED) is 0.603. The zero-order valence-electron chi connectivity index (χ0n) is 12.0. The van der Waals surface area contributed by atoms with Crippen molar-refractivity contribution in [3.8, 4) is 5.75 Å².